The molecule has 0 aliphatic carbocycles. The van der Waals surface area contributed by atoms with Crippen molar-refractivity contribution in [1.82, 2.24) is 10.1 Å². The van der Waals surface area contributed by atoms with Crippen molar-refractivity contribution in [1.29, 1.82) is 0 Å². The van der Waals surface area contributed by atoms with Crippen molar-refractivity contribution < 1.29 is 19.0 Å². The molecule has 0 saturated carbocycles. The zero-order valence-electron chi connectivity index (χ0n) is 14.0. The Morgan fingerprint density at radius 3 is 2.78 bits per heavy atom. The predicted molar refractivity (Wildman–Crippen MR) is 96.4 cm³/mol. The summed E-state index contributed by atoms with van der Waals surface area (Å²) in [5.74, 6) is 0.164. The molecule has 0 saturated heterocycles. The van der Waals surface area contributed by atoms with Crippen molar-refractivity contribution in [2.75, 3.05) is 5.32 Å². The summed E-state index contributed by atoms with van der Waals surface area (Å²) in [5, 5.41) is 17.6. The molecule has 1 amide bonds. The van der Waals surface area contributed by atoms with Gasteiger partial charge in [-0.3, -0.25) is 15.4 Å². The minimum Gasteiger partial charge on any atom is -0.444 e. The summed E-state index contributed by atoms with van der Waals surface area (Å²) in [5.41, 5.74) is 1.44. The Kier molecular flexibility index (Phi) is 5.32. The fourth-order valence-corrected chi connectivity index (χ4v) is 2.41. The van der Waals surface area contributed by atoms with Gasteiger partial charge in [0.15, 0.2) is 0 Å². The second kappa shape index (κ2) is 7.83. The molecule has 0 bridgehead atoms. The molecule has 1 N–H and O–H groups in total. The number of amides is 1. The molecule has 0 radical (unpaired) electrons. The molecule has 0 unspecified atom stereocenters. The summed E-state index contributed by atoms with van der Waals surface area (Å²) in [6, 6.07) is 9.67. The van der Waals surface area contributed by atoms with Gasteiger partial charge in [0.25, 0.3) is 5.69 Å². The topological polar surface area (TPSA) is 120 Å². The lowest BCUT2D eigenvalue weighted by Gasteiger charge is -2.08. The number of rotatable bonds is 5. The number of anilines is 1. The molecule has 0 aliphatic rings. The van der Waals surface area contributed by atoms with E-state index in [-0.39, 0.29) is 29.4 Å². The average molecular weight is 389 g/mol. The number of ether oxygens (including phenoxy) is 1. The third-order valence-corrected chi connectivity index (χ3v) is 3.97. The second-order valence-electron chi connectivity index (χ2n) is 5.42. The molecule has 138 valence electrons. The fourth-order valence-electron chi connectivity index (χ4n) is 2.22. The van der Waals surface area contributed by atoms with Crippen LogP contribution in [0.5, 0.6) is 0 Å². The van der Waals surface area contributed by atoms with Gasteiger partial charge in [-0.05, 0) is 19.1 Å². The van der Waals surface area contributed by atoms with Gasteiger partial charge in [-0.15, -0.1) is 0 Å². The molecule has 10 heteroatoms. The van der Waals surface area contributed by atoms with Crippen LogP contribution in [0.25, 0.3) is 11.5 Å². The molecule has 3 aromatic rings. The number of hydrogen-bond acceptors (Lipinski definition) is 7. The molecular weight excluding hydrogens is 376 g/mol. The van der Waals surface area contributed by atoms with E-state index in [1.807, 2.05) is 0 Å². The number of carbonyl (C=O) groups excluding carboxylic acids is 1. The monoisotopic (exact) mass is 388 g/mol. The Morgan fingerprint density at radius 2 is 2.11 bits per heavy atom. The number of nitrogens with zero attached hydrogens (tertiary/aromatic N) is 3. The molecule has 0 aliphatic heterocycles. The van der Waals surface area contributed by atoms with Gasteiger partial charge in [0.2, 0.25) is 5.76 Å². The summed E-state index contributed by atoms with van der Waals surface area (Å²) in [7, 11) is 0. The summed E-state index contributed by atoms with van der Waals surface area (Å²) in [6.45, 7) is 1.61. The lowest BCUT2D eigenvalue weighted by Crippen LogP contribution is -2.14. The van der Waals surface area contributed by atoms with Gasteiger partial charge in [-0.2, -0.15) is 0 Å². The summed E-state index contributed by atoms with van der Waals surface area (Å²) in [6.07, 6.45) is 0.358. The van der Waals surface area contributed by atoms with E-state index in [2.05, 4.69) is 15.5 Å². The zero-order valence-corrected chi connectivity index (χ0v) is 14.8. The Balaban J connectivity index is 1.73. The van der Waals surface area contributed by atoms with Crippen molar-refractivity contribution in [2.45, 2.75) is 13.5 Å². The molecule has 2 heterocycles. The highest BCUT2D eigenvalue weighted by atomic mass is 35.5. The molecule has 9 nitrogen and oxygen atoms in total. The molecule has 0 spiro atoms. The van der Waals surface area contributed by atoms with Crippen molar-refractivity contribution in [3.05, 3.63) is 69.0 Å². The Hall–Kier alpha value is -3.46. The summed E-state index contributed by atoms with van der Waals surface area (Å²) >= 11 is 6.02. The fraction of sp³-hybridized carbons (Fsp3) is 0.118. The number of benzene rings is 1. The number of aryl methyl sites for hydroxylation is 1. The SMILES string of the molecule is Cc1noc(-c2ccc([N+](=O)[O-])cn2)c1NC(=O)OCc1ccccc1Cl. The number of pyridine rings is 1. The van der Waals surface area contributed by atoms with Crippen LogP contribution in [0.3, 0.4) is 0 Å². The number of nitro groups is 1. The van der Waals surface area contributed by atoms with Crippen molar-refractivity contribution >= 4 is 29.1 Å². The predicted octanol–water partition coefficient (Wildman–Crippen LogP) is 4.36. The molecular formula is C17H13ClN4O5. The van der Waals surface area contributed by atoms with E-state index in [0.29, 0.717) is 16.3 Å². The number of nitrogens with one attached hydrogen (secondary N) is 1. The number of carbonyl (C=O) groups is 1. The molecule has 3 rings (SSSR count). The summed E-state index contributed by atoms with van der Waals surface area (Å²) in [4.78, 5) is 26.3. The third-order valence-electron chi connectivity index (χ3n) is 3.60. The highest BCUT2D eigenvalue weighted by Crippen LogP contribution is 2.30. The molecule has 2 aromatic heterocycles. The Morgan fingerprint density at radius 1 is 1.33 bits per heavy atom. The maximum absolute atomic E-state index is 12.1. The second-order valence-corrected chi connectivity index (χ2v) is 5.83. The van der Waals surface area contributed by atoms with Crippen LogP contribution in [0.1, 0.15) is 11.3 Å². The summed E-state index contributed by atoms with van der Waals surface area (Å²) < 4.78 is 10.4. The van der Waals surface area contributed by atoms with Gasteiger partial charge in [-0.1, -0.05) is 35.0 Å². The van der Waals surface area contributed by atoms with Crippen LogP contribution >= 0.6 is 11.6 Å². The molecule has 0 fully saturated rings. The molecule has 27 heavy (non-hydrogen) atoms. The minimum atomic E-state index is -0.732. The van der Waals surface area contributed by atoms with Crippen LogP contribution in [0, 0.1) is 17.0 Å². The first kappa shape index (κ1) is 18.3. The van der Waals surface area contributed by atoms with E-state index in [1.165, 1.54) is 12.1 Å². The van der Waals surface area contributed by atoms with Gasteiger partial charge in [0.1, 0.15) is 29.9 Å². The van der Waals surface area contributed by atoms with Crippen LogP contribution in [-0.4, -0.2) is 21.2 Å². The van der Waals surface area contributed by atoms with E-state index in [4.69, 9.17) is 20.9 Å². The molecule has 1 aromatic carbocycles. The first-order valence-corrected chi connectivity index (χ1v) is 8.07. The first-order valence-electron chi connectivity index (χ1n) is 7.70. The van der Waals surface area contributed by atoms with Crippen molar-refractivity contribution in [3.8, 4) is 11.5 Å². The molecule has 0 atom stereocenters. The van der Waals surface area contributed by atoms with Crippen LogP contribution in [0.2, 0.25) is 5.02 Å². The normalized spacial score (nSPS) is 10.4. The highest BCUT2D eigenvalue weighted by Gasteiger charge is 2.20. The van der Waals surface area contributed by atoms with E-state index >= 15 is 0 Å². The van der Waals surface area contributed by atoms with Crippen molar-refractivity contribution in [3.63, 3.8) is 0 Å². The number of hydrogen-bond donors (Lipinski definition) is 1. The lowest BCUT2D eigenvalue weighted by molar-refractivity contribution is -0.385. The van der Waals surface area contributed by atoms with Gasteiger partial charge >= 0.3 is 6.09 Å². The maximum Gasteiger partial charge on any atom is 0.412 e. The van der Waals surface area contributed by atoms with Gasteiger partial charge in [0, 0.05) is 16.7 Å². The largest absolute Gasteiger partial charge is 0.444 e. The first-order chi connectivity index (χ1) is 13.0. The number of aromatic nitrogens is 2. The third kappa shape index (κ3) is 4.21. The maximum atomic E-state index is 12.1. The van der Waals surface area contributed by atoms with E-state index in [9.17, 15) is 14.9 Å². The van der Waals surface area contributed by atoms with Gasteiger partial charge in [0.05, 0.1) is 4.92 Å². The number of halogens is 1. The van der Waals surface area contributed by atoms with Gasteiger partial charge in [-0.25, -0.2) is 9.78 Å². The smallest absolute Gasteiger partial charge is 0.412 e. The Labute approximate surface area is 158 Å². The Bertz CT molecular complexity index is 987. The van der Waals surface area contributed by atoms with Crippen LogP contribution in [0.4, 0.5) is 16.2 Å². The lowest BCUT2D eigenvalue weighted by atomic mass is 10.2. The standard InChI is InChI=1S/C17H13ClN4O5/c1-10-15(20-17(23)26-9-11-4-2-3-5-13(11)18)16(27-21-10)14-7-6-12(8-19-14)22(24)25/h2-8H,9H2,1H3,(H,20,23). The van der Waals surface area contributed by atoms with Crippen LogP contribution in [0.15, 0.2) is 47.1 Å². The van der Waals surface area contributed by atoms with Crippen molar-refractivity contribution in [2.24, 2.45) is 0 Å². The highest BCUT2D eigenvalue weighted by molar-refractivity contribution is 6.31. The quantitative estimate of drug-likeness (QED) is 0.509. The minimum absolute atomic E-state index is 0.0129. The van der Waals surface area contributed by atoms with E-state index in [0.717, 1.165) is 6.20 Å². The van der Waals surface area contributed by atoms with E-state index < -0.39 is 11.0 Å². The van der Waals surface area contributed by atoms with Crippen LogP contribution < -0.4 is 5.32 Å². The average Bonchev–Trinajstić information content (AvgIpc) is 3.01. The van der Waals surface area contributed by atoms with E-state index in [1.54, 1.807) is 31.2 Å². The zero-order chi connectivity index (χ0) is 19.4. The van der Waals surface area contributed by atoms with Crippen LogP contribution in [-0.2, 0) is 11.3 Å². The van der Waals surface area contributed by atoms with Gasteiger partial charge < -0.3 is 9.26 Å².